The highest BCUT2D eigenvalue weighted by Gasteiger charge is 2.31. The van der Waals surface area contributed by atoms with Crippen LogP contribution in [0.25, 0.3) is 11.7 Å². The Labute approximate surface area is 166 Å². The molecule has 0 spiro atoms. The lowest BCUT2D eigenvalue weighted by Crippen LogP contribution is -2.22. The summed E-state index contributed by atoms with van der Waals surface area (Å²) in [7, 11) is 0. The van der Waals surface area contributed by atoms with E-state index in [2.05, 4.69) is 44.3 Å². The number of urea groups is 1. The molecule has 0 radical (unpaired) electrons. The maximum atomic E-state index is 11.9. The zero-order valence-electron chi connectivity index (χ0n) is 15.8. The molecule has 2 aliphatic carbocycles. The fourth-order valence-corrected chi connectivity index (χ4v) is 3.44. The number of carbonyl (C=O) groups is 2. The van der Waals surface area contributed by atoms with Crippen molar-refractivity contribution in [1.29, 1.82) is 5.26 Å². The molecule has 29 heavy (non-hydrogen) atoms. The van der Waals surface area contributed by atoms with Crippen LogP contribution in [0.3, 0.4) is 0 Å². The summed E-state index contributed by atoms with van der Waals surface area (Å²) in [4.78, 5) is 27.9. The molecule has 1 atom stereocenters. The summed E-state index contributed by atoms with van der Waals surface area (Å²) in [6, 6.07) is 2.22. The molecule has 3 aliphatic rings. The van der Waals surface area contributed by atoms with Gasteiger partial charge in [-0.2, -0.15) is 14.9 Å². The Kier molecular flexibility index (Phi) is 3.91. The highest BCUT2D eigenvalue weighted by molar-refractivity contribution is 6.14. The third-order valence-corrected chi connectivity index (χ3v) is 5.42. The lowest BCUT2D eigenvalue weighted by atomic mass is 10.2. The number of fused-ring (bicyclic) bond motifs is 1. The van der Waals surface area contributed by atoms with Gasteiger partial charge in [-0.05, 0) is 44.6 Å². The molecule has 1 aliphatic heterocycles. The normalized spacial score (nSPS) is 21.0. The monoisotopic (exact) mass is 392 g/mol. The van der Waals surface area contributed by atoms with Gasteiger partial charge in [-0.3, -0.25) is 10.1 Å². The van der Waals surface area contributed by atoms with Gasteiger partial charge in [0.2, 0.25) is 0 Å². The molecule has 0 aromatic carbocycles. The zero-order valence-corrected chi connectivity index (χ0v) is 15.8. The van der Waals surface area contributed by atoms with Crippen LogP contribution < -0.4 is 21.3 Å². The van der Waals surface area contributed by atoms with E-state index in [9.17, 15) is 14.9 Å². The van der Waals surface area contributed by atoms with Crippen molar-refractivity contribution in [2.45, 2.75) is 44.7 Å². The summed E-state index contributed by atoms with van der Waals surface area (Å²) in [6.07, 6.45) is 7.53. The minimum absolute atomic E-state index is 0.133. The molecule has 3 heterocycles. The van der Waals surface area contributed by atoms with E-state index in [1.165, 1.54) is 18.9 Å². The van der Waals surface area contributed by atoms with Crippen LogP contribution in [0.4, 0.5) is 16.4 Å². The molecule has 0 unspecified atom stereocenters. The van der Waals surface area contributed by atoms with Crippen molar-refractivity contribution >= 4 is 35.3 Å². The highest BCUT2D eigenvalue weighted by Crippen LogP contribution is 2.36. The maximum absolute atomic E-state index is 11.9. The third-order valence-electron chi connectivity index (χ3n) is 5.42. The summed E-state index contributed by atoms with van der Waals surface area (Å²) in [5, 5.41) is 25.6. The van der Waals surface area contributed by atoms with Crippen molar-refractivity contribution < 1.29 is 9.59 Å². The van der Waals surface area contributed by atoms with Crippen LogP contribution in [0.2, 0.25) is 0 Å². The van der Waals surface area contributed by atoms with Crippen LogP contribution in [0.1, 0.15) is 43.7 Å². The Balaban J connectivity index is 1.63. The van der Waals surface area contributed by atoms with E-state index >= 15 is 0 Å². The number of amides is 3. The van der Waals surface area contributed by atoms with Gasteiger partial charge in [0.25, 0.3) is 5.91 Å². The first-order chi connectivity index (χ1) is 14.0. The quantitative estimate of drug-likeness (QED) is 0.433. The second-order valence-electron chi connectivity index (χ2n) is 7.79. The van der Waals surface area contributed by atoms with Gasteiger partial charge in [-0.15, -0.1) is 0 Å². The van der Waals surface area contributed by atoms with Crippen molar-refractivity contribution in [3.63, 3.8) is 0 Å². The maximum Gasteiger partial charge on any atom is 0.326 e. The van der Waals surface area contributed by atoms with Crippen LogP contribution in [0.15, 0.2) is 11.9 Å². The van der Waals surface area contributed by atoms with Crippen LogP contribution in [0, 0.1) is 17.2 Å². The van der Waals surface area contributed by atoms with E-state index in [0.717, 1.165) is 12.8 Å². The minimum Gasteiger partial charge on any atom is -0.366 e. The Morgan fingerprint density at radius 3 is 2.72 bits per heavy atom. The summed E-state index contributed by atoms with van der Waals surface area (Å²) >= 11 is 0. The number of anilines is 2. The number of imide groups is 1. The van der Waals surface area contributed by atoms with E-state index in [4.69, 9.17) is 0 Å². The van der Waals surface area contributed by atoms with Crippen molar-refractivity contribution in [3.8, 4) is 6.07 Å². The van der Waals surface area contributed by atoms with E-state index < -0.39 is 11.9 Å². The van der Waals surface area contributed by atoms with E-state index in [1.54, 1.807) is 10.7 Å². The first kappa shape index (κ1) is 17.5. The van der Waals surface area contributed by atoms with Crippen molar-refractivity contribution in [2.24, 2.45) is 5.92 Å². The molecule has 10 nitrogen and oxygen atoms in total. The molecule has 2 saturated carbocycles. The molecular formula is C19H20N8O2. The van der Waals surface area contributed by atoms with Crippen LogP contribution in [-0.4, -0.2) is 38.6 Å². The van der Waals surface area contributed by atoms with Gasteiger partial charge in [0, 0.05) is 17.6 Å². The number of nitrogens with one attached hydrogen (secondary N) is 4. The highest BCUT2D eigenvalue weighted by atomic mass is 16.2. The van der Waals surface area contributed by atoms with Crippen molar-refractivity contribution in [1.82, 2.24) is 25.2 Å². The summed E-state index contributed by atoms with van der Waals surface area (Å²) < 4.78 is 1.59. The van der Waals surface area contributed by atoms with Crippen molar-refractivity contribution in [2.75, 3.05) is 10.6 Å². The van der Waals surface area contributed by atoms with E-state index in [0.29, 0.717) is 40.4 Å². The van der Waals surface area contributed by atoms with E-state index in [-0.39, 0.29) is 11.7 Å². The number of hydrogen-bond acceptors (Lipinski definition) is 7. The van der Waals surface area contributed by atoms with Gasteiger partial charge in [-0.25, -0.2) is 9.78 Å². The van der Waals surface area contributed by atoms with Gasteiger partial charge >= 0.3 is 6.03 Å². The minimum atomic E-state index is -0.561. The lowest BCUT2D eigenvalue weighted by molar-refractivity contribution is -0.115. The average Bonchev–Trinajstić information content (AvgIpc) is 3.60. The fourth-order valence-electron chi connectivity index (χ4n) is 3.44. The van der Waals surface area contributed by atoms with Crippen LogP contribution >= 0.6 is 0 Å². The molecule has 0 bridgehead atoms. The van der Waals surface area contributed by atoms with Gasteiger partial charge < -0.3 is 16.0 Å². The number of carbonyl (C=O) groups excluding carboxylic acids is 2. The molecule has 5 rings (SSSR count). The smallest absolute Gasteiger partial charge is 0.326 e. The number of nitriles is 1. The first-order valence-corrected chi connectivity index (χ1v) is 9.72. The van der Waals surface area contributed by atoms with Gasteiger partial charge in [0.15, 0.2) is 17.3 Å². The Hall–Kier alpha value is -3.61. The Bertz CT molecular complexity index is 1100. The molecule has 148 valence electrons. The molecule has 4 N–H and O–H groups in total. The van der Waals surface area contributed by atoms with Gasteiger partial charge in [0.05, 0.1) is 6.20 Å². The summed E-state index contributed by atoms with van der Waals surface area (Å²) in [5.74, 6) is 1.18. The molecule has 3 fully saturated rings. The Morgan fingerprint density at radius 2 is 2.10 bits per heavy atom. The zero-order chi connectivity index (χ0) is 20.1. The predicted molar refractivity (Wildman–Crippen MR) is 105 cm³/mol. The molecule has 2 aromatic heterocycles. The number of rotatable bonds is 6. The third kappa shape index (κ3) is 3.24. The standard InChI is InChI=1S/C19H20N8O2/c1-9(10-2-3-10)22-15-13(7-20)17(23-12-4-5-12)27-16(25-15)11(8-21-27)6-14-18(28)26-19(29)24-14/h6,8-10,12,23H,2-5H2,1H3,(H,22,25)(H2,24,26,28,29)/b14-6-/t9-/m1/s1. The Morgan fingerprint density at radius 1 is 1.31 bits per heavy atom. The summed E-state index contributed by atoms with van der Waals surface area (Å²) in [5.41, 5.74) is 1.63. The number of nitrogens with zero attached hydrogens (tertiary/aromatic N) is 4. The molecular weight excluding hydrogens is 372 g/mol. The lowest BCUT2D eigenvalue weighted by Gasteiger charge is -2.18. The summed E-state index contributed by atoms with van der Waals surface area (Å²) in [6.45, 7) is 2.09. The van der Waals surface area contributed by atoms with Gasteiger partial charge in [-0.1, -0.05) is 0 Å². The first-order valence-electron chi connectivity index (χ1n) is 9.72. The number of hydrogen-bond donors (Lipinski definition) is 4. The average molecular weight is 392 g/mol. The molecule has 2 aromatic rings. The fraction of sp³-hybridized carbons (Fsp3) is 0.421. The topological polar surface area (TPSA) is 136 Å². The molecule has 10 heteroatoms. The SMILES string of the molecule is C[C@@H](Nc1nc2c(/C=C3\NC(=O)NC3=O)cnn2c(NC2CC2)c1C#N)C1CC1. The van der Waals surface area contributed by atoms with Crippen LogP contribution in [0.5, 0.6) is 0 Å². The second-order valence-corrected chi connectivity index (χ2v) is 7.79. The second kappa shape index (κ2) is 6.48. The van der Waals surface area contributed by atoms with Gasteiger partial charge in [0.1, 0.15) is 17.3 Å². The number of aromatic nitrogens is 3. The van der Waals surface area contributed by atoms with E-state index in [1.807, 2.05) is 0 Å². The van der Waals surface area contributed by atoms with Crippen molar-refractivity contribution in [3.05, 3.63) is 23.0 Å². The predicted octanol–water partition coefficient (Wildman–Crippen LogP) is 1.57. The molecule has 3 amide bonds. The molecule has 1 saturated heterocycles. The largest absolute Gasteiger partial charge is 0.366 e. The van der Waals surface area contributed by atoms with Crippen LogP contribution in [-0.2, 0) is 4.79 Å².